The molecule has 2 unspecified atom stereocenters. The number of piperazine rings is 1. The second kappa shape index (κ2) is 10.0. The molecule has 2 amide bonds. The van der Waals surface area contributed by atoms with E-state index in [1.54, 1.807) is 60.4 Å². The molecule has 2 atom stereocenters. The van der Waals surface area contributed by atoms with E-state index in [1.165, 1.54) is 16.3 Å². The number of aryl methyl sites for hydroxylation is 1. The van der Waals surface area contributed by atoms with E-state index in [0.29, 0.717) is 5.02 Å². The van der Waals surface area contributed by atoms with Crippen LogP contribution in [0, 0.1) is 6.92 Å². The fourth-order valence-electron chi connectivity index (χ4n) is 4.71. The van der Waals surface area contributed by atoms with E-state index in [9.17, 15) is 18.0 Å². The molecule has 0 aliphatic carbocycles. The molecular weight excluding hydrogens is 490 g/mol. The fourth-order valence-corrected chi connectivity index (χ4v) is 6.65. The third kappa shape index (κ3) is 4.80. The number of nitrogens with zero attached hydrogens (tertiary/aromatic N) is 3. The van der Waals surface area contributed by atoms with Gasteiger partial charge in [0, 0.05) is 31.0 Å². The van der Waals surface area contributed by atoms with E-state index < -0.39 is 22.2 Å². The number of amides is 2. The standard InChI is InChI=1S/C25H28ClN3O5S/c1-4-12-27-16-23-28(35(32,33)22-14-17(2)5-10-21(22)34-3)13-11-24(30)29(23)20(25(27)31)15-18-6-8-19(26)9-7-18/h4-10,14,20,23H,1,11-13,15-16H2,2-3H3. The number of halogens is 1. The molecule has 10 heteroatoms. The lowest BCUT2D eigenvalue weighted by molar-refractivity contribution is -0.164. The fraction of sp³-hybridized carbons (Fsp3) is 0.360. The van der Waals surface area contributed by atoms with Crippen LogP contribution in [-0.2, 0) is 26.0 Å². The van der Waals surface area contributed by atoms with Gasteiger partial charge < -0.3 is 14.5 Å². The molecule has 0 spiro atoms. The Morgan fingerprint density at radius 1 is 1.17 bits per heavy atom. The van der Waals surface area contributed by atoms with Gasteiger partial charge in [-0.1, -0.05) is 35.9 Å². The summed E-state index contributed by atoms with van der Waals surface area (Å²) in [5, 5.41) is 0.563. The van der Waals surface area contributed by atoms with Crippen LogP contribution in [0.5, 0.6) is 5.75 Å². The average Bonchev–Trinajstić information content (AvgIpc) is 2.83. The summed E-state index contributed by atoms with van der Waals surface area (Å²) in [7, 11) is -2.63. The largest absolute Gasteiger partial charge is 0.495 e. The van der Waals surface area contributed by atoms with Crippen molar-refractivity contribution in [1.82, 2.24) is 14.1 Å². The van der Waals surface area contributed by atoms with Gasteiger partial charge in [0.1, 0.15) is 22.9 Å². The van der Waals surface area contributed by atoms with Crippen LogP contribution in [0.4, 0.5) is 0 Å². The highest BCUT2D eigenvalue weighted by molar-refractivity contribution is 7.89. The van der Waals surface area contributed by atoms with E-state index in [1.807, 2.05) is 0 Å². The maximum Gasteiger partial charge on any atom is 0.248 e. The highest BCUT2D eigenvalue weighted by atomic mass is 35.5. The maximum atomic E-state index is 13.9. The van der Waals surface area contributed by atoms with Crippen molar-refractivity contribution in [3.05, 3.63) is 71.3 Å². The molecule has 2 aliphatic heterocycles. The minimum Gasteiger partial charge on any atom is -0.495 e. The van der Waals surface area contributed by atoms with Gasteiger partial charge in [0.25, 0.3) is 0 Å². The lowest BCUT2D eigenvalue weighted by atomic mass is 9.98. The van der Waals surface area contributed by atoms with Crippen LogP contribution in [0.1, 0.15) is 17.5 Å². The molecule has 2 fully saturated rings. The monoisotopic (exact) mass is 517 g/mol. The summed E-state index contributed by atoms with van der Waals surface area (Å²) < 4.78 is 34.5. The van der Waals surface area contributed by atoms with Crippen molar-refractivity contribution in [2.45, 2.75) is 36.9 Å². The van der Waals surface area contributed by atoms with Gasteiger partial charge >= 0.3 is 0 Å². The molecule has 2 aromatic rings. The molecular formula is C25H28ClN3O5S. The number of fused-ring (bicyclic) bond motifs is 1. The van der Waals surface area contributed by atoms with E-state index in [-0.39, 0.29) is 54.9 Å². The quantitative estimate of drug-likeness (QED) is 0.527. The van der Waals surface area contributed by atoms with Gasteiger partial charge in [-0.05, 0) is 42.3 Å². The van der Waals surface area contributed by atoms with E-state index in [4.69, 9.17) is 16.3 Å². The van der Waals surface area contributed by atoms with Crippen LogP contribution < -0.4 is 4.74 Å². The second-order valence-corrected chi connectivity index (χ2v) is 11.0. The topological polar surface area (TPSA) is 87.2 Å². The van der Waals surface area contributed by atoms with Gasteiger partial charge in [0.2, 0.25) is 21.8 Å². The Balaban J connectivity index is 1.77. The number of hydrogen-bond acceptors (Lipinski definition) is 5. The highest BCUT2D eigenvalue weighted by Crippen LogP contribution is 2.34. The predicted molar refractivity (Wildman–Crippen MR) is 133 cm³/mol. The van der Waals surface area contributed by atoms with Crippen molar-refractivity contribution in [3.63, 3.8) is 0 Å². The Kier molecular flexibility index (Phi) is 7.21. The molecule has 0 saturated carbocycles. The van der Waals surface area contributed by atoms with Crippen molar-refractivity contribution < 1.29 is 22.7 Å². The van der Waals surface area contributed by atoms with Crippen molar-refractivity contribution in [2.75, 3.05) is 26.7 Å². The summed E-state index contributed by atoms with van der Waals surface area (Å²) in [6, 6.07) is 11.2. The second-order valence-electron chi connectivity index (χ2n) is 8.68. The van der Waals surface area contributed by atoms with Crippen molar-refractivity contribution in [2.24, 2.45) is 0 Å². The van der Waals surface area contributed by atoms with Crippen LogP contribution in [0.2, 0.25) is 5.02 Å². The molecule has 0 N–H and O–H groups in total. The van der Waals surface area contributed by atoms with Crippen LogP contribution in [0.3, 0.4) is 0 Å². The molecule has 2 saturated heterocycles. The summed E-state index contributed by atoms with van der Waals surface area (Å²) in [6.07, 6.45) is 0.977. The van der Waals surface area contributed by atoms with Gasteiger partial charge in [0.15, 0.2) is 0 Å². The Morgan fingerprint density at radius 2 is 1.89 bits per heavy atom. The predicted octanol–water partition coefficient (Wildman–Crippen LogP) is 2.85. The molecule has 2 aliphatic rings. The third-order valence-corrected chi connectivity index (χ3v) is 8.57. The molecule has 2 aromatic carbocycles. The number of sulfonamides is 1. The van der Waals surface area contributed by atoms with Gasteiger partial charge in [-0.2, -0.15) is 4.31 Å². The van der Waals surface area contributed by atoms with E-state index >= 15 is 0 Å². The maximum absolute atomic E-state index is 13.9. The first kappa shape index (κ1) is 25.2. The normalized spacial score (nSPS) is 21.1. The van der Waals surface area contributed by atoms with Crippen LogP contribution in [-0.4, -0.2) is 73.3 Å². The molecule has 2 heterocycles. The molecule has 8 nitrogen and oxygen atoms in total. The SMILES string of the molecule is C=CCN1CC2N(C(=O)CCN2S(=O)(=O)c2cc(C)ccc2OC)C(Cc2ccc(Cl)cc2)C1=O. The van der Waals surface area contributed by atoms with E-state index in [2.05, 4.69) is 6.58 Å². The smallest absolute Gasteiger partial charge is 0.248 e. The summed E-state index contributed by atoms with van der Waals surface area (Å²) in [5.41, 5.74) is 1.59. The first-order valence-corrected chi connectivity index (χ1v) is 13.1. The summed E-state index contributed by atoms with van der Waals surface area (Å²) in [6.45, 7) is 5.86. The lowest BCUT2D eigenvalue weighted by Crippen LogP contribution is -2.71. The van der Waals surface area contributed by atoms with Crippen molar-refractivity contribution in [3.8, 4) is 5.75 Å². The Bertz CT molecular complexity index is 1250. The van der Waals surface area contributed by atoms with Gasteiger partial charge in [0.05, 0.1) is 13.7 Å². The minimum atomic E-state index is -4.05. The number of benzene rings is 2. The first-order chi connectivity index (χ1) is 16.7. The van der Waals surface area contributed by atoms with Crippen molar-refractivity contribution >= 4 is 33.4 Å². The number of ether oxygens (including phenoxy) is 1. The zero-order chi connectivity index (χ0) is 25.3. The lowest BCUT2D eigenvalue weighted by Gasteiger charge is -2.51. The Morgan fingerprint density at radius 3 is 2.54 bits per heavy atom. The molecule has 4 rings (SSSR count). The number of methoxy groups -OCH3 is 1. The summed E-state index contributed by atoms with van der Waals surface area (Å²) in [4.78, 5) is 29.6. The zero-order valence-electron chi connectivity index (χ0n) is 19.7. The highest BCUT2D eigenvalue weighted by Gasteiger charge is 2.50. The molecule has 0 aromatic heterocycles. The number of hydrogen-bond donors (Lipinski definition) is 0. The van der Waals surface area contributed by atoms with Crippen LogP contribution in [0.25, 0.3) is 0 Å². The molecule has 0 bridgehead atoms. The van der Waals surface area contributed by atoms with Crippen LogP contribution in [0.15, 0.2) is 60.0 Å². The average molecular weight is 518 g/mol. The van der Waals surface area contributed by atoms with Gasteiger partial charge in [-0.15, -0.1) is 6.58 Å². The third-order valence-electron chi connectivity index (χ3n) is 6.40. The Labute approximate surface area is 210 Å². The summed E-state index contributed by atoms with van der Waals surface area (Å²) >= 11 is 6.01. The molecule has 35 heavy (non-hydrogen) atoms. The zero-order valence-corrected chi connectivity index (χ0v) is 21.3. The van der Waals surface area contributed by atoms with Gasteiger partial charge in [-0.25, -0.2) is 8.42 Å². The first-order valence-electron chi connectivity index (χ1n) is 11.3. The molecule has 0 radical (unpaired) electrons. The Hall–Kier alpha value is -2.88. The van der Waals surface area contributed by atoms with Gasteiger partial charge in [-0.3, -0.25) is 9.59 Å². The van der Waals surface area contributed by atoms with Crippen molar-refractivity contribution in [1.29, 1.82) is 0 Å². The molecule has 186 valence electrons. The number of carbonyl (C=O) groups is 2. The number of carbonyl (C=O) groups excluding carboxylic acids is 2. The summed E-state index contributed by atoms with van der Waals surface area (Å²) in [5.74, 6) is -0.258. The number of rotatable bonds is 7. The minimum absolute atomic E-state index is 0.0171. The van der Waals surface area contributed by atoms with Crippen LogP contribution >= 0.6 is 11.6 Å². The van der Waals surface area contributed by atoms with E-state index in [0.717, 1.165) is 11.1 Å².